The van der Waals surface area contributed by atoms with Crippen LogP contribution in [-0.2, 0) is 16.1 Å². The van der Waals surface area contributed by atoms with Gasteiger partial charge < -0.3 is 9.53 Å². The number of aldehydes is 1. The zero-order chi connectivity index (χ0) is 13.1. The Hall–Kier alpha value is -0.710. The van der Waals surface area contributed by atoms with Crippen LogP contribution in [0.15, 0.2) is 17.5 Å². The normalized spacial score (nSPS) is 27.6. The minimum atomic E-state index is -0.266. The van der Waals surface area contributed by atoms with Crippen molar-refractivity contribution in [3.63, 3.8) is 0 Å². The standard InChI is InChI=1S/C15H21NO2S/c17-11-15(6-2-7-18-12-15)10-16(13-4-5-13)9-14-3-1-8-19-14/h1,3,8,11,13H,2,4-7,9-10,12H2. The van der Waals surface area contributed by atoms with Crippen LogP contribution in [0.25, 0.3) is 0 Å². The second kappa shape index (κ2) is 5.73. The zero-order valence-electron chi connectivity index (χ0n) is 11.2. The van der Waals surface area contributed by atoms with E-state index in [1.807, 2.05) is 0 Å². The maximum absolute atomic E-state index is 11.6. The maximum Gasteiger partial charge on any atom is 0.129 e. The van der Waals surface area contributed by atoms with Crippen molar-refractivity contribution in [3.05, 3.63) is 22.4 Å². The lowest BCUT2D eigenvalue weighted by atomic mass is 9.83. The summed E-state index contributed by atoms with van der Waals surface area (Å²) in [7, 11) is 0. The van der Waals surface area contributed by atoms with Gasteiger partial charge in [0.1, 0.15) is 6.29 Å². The fourth-order valence-corrected chi connectivity index (χ4v) is 3.62. The van der Waals surface area contributed by atoms with Crippen LogP contribution in [0.5, 0.6) is 0 Å². The van der Waals surface area contributed by atoms with Crippen molar-refractivity contribution >= 4 is 17.6 Å². The first-order valence-electron chi connectivity index (χ1n) is 7.12. The second-order valence-electron chi connectivity index (χ2n) is 5.85. The minimum Gasteiger partial charge on any atom is -0.380 e. The van der Waals surface area contributed by atoms with E-state index >= 15 is 0 Å². The Kier molecular flexibility index (Phi) is 4.01. The van der Waals surface area contributed by atoms with Gasteiger partial charge in [0.15, 0.2) is 0 Å². The predicted molar refractivity (Wildman–Crippen MR) is 76.3 cm³/mol. The van der Waals surface area contributed by atoms with Gasteiger partial charge in [0.2, 0.25) is 0 Å². The van der Waals surface area contributed by atoms with Gasteiger partial charge in [-0.1, -0.05) is 6.07 Å². The van der Waals surface area contributed by atoms with Crippen molar-refractivity contribution in [1.82, 2.24) is 4.90 Å². The van der Waals surface area contributed by atoms with E-state index in [1.165, 1.54) is 17.7 Å². The number of nitrogens with zero attached hydrogens (tertiary/aromatic N) is 1. The molecule has 3 rings (SSSR count). The molecule has 2 fully saturated rings. The second-order valence-corrected chi connectivity index (χ2v) is 6.88. The van der Waals surface area contributed by atoms with E-state index < -0.39 is 0 Å². The number of carbonyl (C=O) groups excluding carboxylic acids is 1. The highest BCUT2D eigenvalue weighted by atomic mass is 32.1. The molecular weight excluding hydrogens is 258 g/mol. The Bertz CT molecular complexity index is 408. The smallest absolute Gasteiger partial charge is 0.129 e. The molecule has 3 nitrogen and oxygen atoms in total. The molecule has 1 aromatic rings. The van der Waals surface area contributed by atoms with Gasteiger partial charge in [-0.2, -0.15) is 0 Å². The van der Waals surface area contributed by atoms with Crippen LogP contribution in [0.1, 0.15) is 30.6 Å². The topological polar surface area (TPSA) is 29.5 Å². The van der Waals surface area contributed by atoms with Crippen LogP contribution >= 0.6 is 11.3 Å². The molecule has 4 heteroatoms. The van der Waals surface area contributed by atoms with Crippen molar-refractivity contribution in [2.75, 3.05) is 19.8 Å². The van der Waals surface area contributed by atoms with Gasteiger partial charge >= 0.3 is 0 Å². The molecule has 1 saturated carbocycles. The number of ether oxygens (including phenoxy) is 1. The molecule has 1 saturated heterocycles. The lowest BCUT2D eigenvalue weighted by Crippen LogP contribution is -2.44. The third kappa shape index (κ3) is 3.25. The molecule has 0 amide bonds. The lowest BCUT2D eigenvalue weighted by Gasteiger charge is -2.36. The molecule has 0 spiro atoms. The van der Waals surface area contributed by atoms with Gasteiger partial charge in [-0.05, 0) is 37.1 Å². The van der Waals surface area contributed by atoms with Crippen molar-refractivity contribution in [3.8, 4) is 0 Å². The number of rotatable bonds is 6. The van der Waals surface area contributed by atoms with Crippen LogP contribution in [-0.4, -0.2) is 37.0 Å². The minimum absolute atomic E-state index is 0.266. The summed E-state index contributed by atoms with van der Waals surface area (Å²) in [6.07, 6.45) is 5.69. The van der Waals surface area contributed by atoms with Gasteiger partial charge in [-0.3, -0.25) is 4.90 Å². The zero-order valence-corrected chi connectivity index (χ0v) is 12.0. The lowest BCUT2D eigenvalue weighted by molar-refractivity contribution is -0.126. The van der Waals surface area contributed by atoms with Gasteiger partial charge in [-0.15, -0.1) is 11.3 Å². The first-order chi connectivity index (χ1) is 9.31. The summed E-state index contributed by atoms with van der Waals surface area (Å²) in [6.45, 7) is 3.26. The van der Waals surface area contributed by atoms with E-state index in [4.69, 9.17) is 4.74 Å². The molecule has 19 heavy (non-hydrogen) atoms. The Labute approximate surface area is 118 Å². The summed E-state index contributed by atoms with van der Waals surface area (Å²) >= 11 is 1.80. The first kappa shape index (κ1) is 13.3. The largest absolute Gasteiger partial charge is 0.380 e. The predicted octanol–water partition coefficient (Wildman–Crippen LogP) is 2.71. The van der Waals surface area contributed by atoms with Crippen molar-refractivity contribution in [2.45, 2.75) is 38.3 Å². The molecule has 2 heterocycles. The highest BCUT2D eigenvalue weighted by Gasteiger charge is 2.39. The van der Waals surface area contributed by atoms with Crippen LogP contribution in [0.3, 0.4) is 0 Å². The summed E-state index contributed by atoms with van der Waals surface area (Å²) in [5.41, 5.74) is -0.266. The number of carbonyl (C=O) groups is 1. The van der Waals surface area contributed by atoms with E-state index in [0.29, 0.717) is 12.6 Å². The SMILES string of the molecule is O=CC1(CN(Cc2cccs2)C2CC2)CCCOC1. The van der Waals surface area contributed by atoms with E-state index in [9.17, 15) is 4.79 Å². The van der Waals surface area contributed by atoms with Gasteiger partial charge in [-0.25, -0.2) is 0 Å². The molecule has 104 valence electrons. The highest BCUT2D eigenvalue weighted by Crippen LogP contribution is 2.35. The molecule has 1 unspecified atom stereocenters. The Balaban J connectivity index is 1.68. The van der Waals surface area contributed by atoms with Crippen molar-refractivity contribution in [2.24, 2.45) is 5.41 Å². The van der Waals surface area contributed by atoms with Crippen LogP contribution in [0.4, 0.5) is 0 Å². The van der Waals surface area contributed by atoms with Crippen LogP contribution in [0, 0.1) is 5.41 Å². The molecule has 2 aliphatic rings. The van der Waals surface area contributed by atoms with E-state index in [1.54, 1.807) is 11.3 Å². The van der Waals surface area contributed by atoms with Gasteiger partial charge in [0, 0.05) is 30.6 Å². The van der Waals surface area contributed by atoms with E-state index in [-0.39, 0.29) is 5.41 Å². The van der Waals surface area contributed by atoms with Gasteiger partial charge in [0.25, 0.3) is 0 Å². The summed E-state index contributed by atoms with van der Waals surface area (Å²) in [5, 5.41) is 2.12. The first-order valence-corrected chi connectivity index (χ1v) is 8.00. The Morgan fingerprint density at radius 2 is 2.42 bits per heavy atom. The van der Waals surface area contributed by atoms with E-state index in [0.717, 1.165) is 38.8 Å². The fraction of sp³-hybridized carbons (Fsp3) is 0.667. The van der Waals surface area contributed by atoms with Gasteiger partial charge in [0.05, 0.1) is 12.0 Å². The Morgan fingerprint density at radius 3 is 3.00 bits per heavy atom. The van der Waals surface area contributed by atoms with Crippen molar-refractivity contribution in [1.29, 1.82) is 0 Å². The summed E-state index contributed by atoms with van der Waals surface area (Å²) in [4.78, 5) is 15.4. The maximum atomic E-state index is 11.6. The quantitative estimate of drug-likeness (QED) is 0.750. The molecule has 1 aliphatic carbocycles. The molecule has 0 aromatic carbocycles. The highest BCUT2D eigenvalue weighted by molar-refractivity contribution is 7.09. The molecule has 1 aliphatic heterocycles. The summed E-state index contributed by atoms with van der Waals surface area (Å²) in [5.74, 6) is 0. The van der Waals surface area contributed by atoms with E-state index in [2.05, 4.69) is 22.4 Å². The van der Waals surface area contributed by atoms with Crippen LogP contribution in [0.2, 0.25) is 0 Å². The number of hydrogen-bond acceptors (Lipinski definition) is 4. The third-order valence-corrected chi connectivity index (χ3v) is 4.98. The summed E-state index contributed by atoms with van der Waals surface area (Å²) < 4.78 is 5.56. The van der Waals surface area contributed by atoms with Crippen LogP contribution < -0.4 is 0 Å². The molecule has 1 atom stereocenters. The average molecular weight is 279 g/mol. The van der Waals surface area contributed by atoms with Crippen molar-refractivity contribution < 1.29 is 9.53 Å². The molecule has 0 radical (unpaired) electrons. The molecule has 0 bridgehead atoms. The number of hydrogen-bond donors (Lipinski definition) is 0. The molecule has 1 aromatic heterocycles. The molecular formula is C15H21NO2S. The average Bonchev–Trinajstić information content (AvgIpc) is 3.18. The monoisotopic (exact) mass is 279 g/mol. The summed E-state index contributed by atoms with van der Waals surface area (Å²) in [6, 6.07) is 4.97. The molecule has 0 N–H and O–H groups in total. The Morgan fingerprint density at radius 1 is 1.53 bits per heavy atom. The third-order valence-electron chi connectivity index (χ3n) is 4.12. The number of thiophene rings is 1. The fourth-order valence-electron chi connectivity index (χ4n) is 2.89.